The third-order valence-corrected chi connectivity index (χ3v) is 4.62. The molecule has 1 atom stereocenters. The number of rotatable bonds is 6. The van der Waals surface area contributed by atoms with Crippen molar-refractivity contribution in [3.8, 4) is 0 Å². The zero-order valence-electron chi connectivity index (χ0n) is 13.6. The van der Waals surface area contributed by atoms with Crippen LogP contribution in [0.3, 0.4) is 0 Å². The summed E-state index contributed by atoms with van der Waals surface area (Å²) in [5.41, 5.74) is 2.27. The first-order valence-electron chi connectivity index (χ1n) is 7.60. The quantitative estimate of drug-likeness (QED) is 0.743. The third kappa shape index (κ3) is 3.42. The highest BCUT2D eigenvalue weighted by molar-refractivity contribution is 7.07. The smallest absolute Gasteiger partial charge is 0.408 e. The van der Waals surface area contributed by atoms with Gasteiger partial charge in [-0.15, -0.1) is 0 Å². The minimum absolute atomic E-state index is 0.0559. The second-order valence-electron chi connectivity index (χ2n) is 5.76. The summed E-state index contributed by atoms with van der Waals surface area (Å²) in [4.78, 5) is 26.2. The zero-order chi connectivity index (χ0) is 17.1. The van der Waals surface area contributed by atoms with E-state index in [1.165, 1.54) is 4.57 Å². The fourth-order valence-electron chi connectivity index (χ4n) is 2.64. The Bertz CT molecular complexity index is 880. The maximum absolute atomic E-state index is 12.3. The number of fused-ring (bicyclic) bond motifs is 1. The predicted octanol–water partition coefficient (Wildman–Crippen LogP) is 2.08. The van der Waals surface area contributed by atoms with E-state index in [1.807, 2.05) is 25.5 Å². The van der Waals surface area contributed by atoms with Crippen LogP contribution in [0.5, 0.6) is 0 Å². The molecule has 0 spiro atoms. The first-order chi connectivity index (χ1) is 11.6. The molecule has 0 aliphatic carbocycles. The van der Waals surface area contributed by atoms with E-state index in [0.29, 0.717) is 17.6 Å². The molecule has 1 N–H and O–H groups in total. The van der Waals surface area contributed by atoms with Gasteiger partial charge in [-0.05, 0) is 48.6 Å². The molecule has 3 aromatic rings. The van der Waals surface area contributed by atoms with Crippen LogP contribution in [0.2, 0.25) is 0 Å². The van der Waals surface area contributed by atoms with Gasteiger partial charge in [-0.25, -0.2) is 4.79 Å². The SMILES string of the molecule is CN(C)[C@@H](CNC(=O)Cn1c(=O)oc2ccccc21)c1ccsc1. The highest BCUT2D eigenvalue weighted by atomic mass is 32.1. The molecule has 1 amide bonds. The molecular formula is C17H19N3O3S. The first kappa shape index (κ1) is 16.5. The number of nitrogens with zero attached hydrogens (tertiary/aromatic N) is 2. The zero-order valence-corrected chi connectivity index (χ0v) is 14.4. The number of oxazole rings is 1. The first-order valence-corrected chi connectivity index (χ1v) is 8.54. The van der Waals surface area contributed by atoms with Crippen LogP contribution in [0.4, 0.5) is 0 Å². The molecule has 2 heterocycles. The van der Waals surface area contributed by atoms with Gasteiger partial charge < -0.3 is 14.6 Å². The van der Waals surface area contributed by atoms with E-state index in [0.717, 1.165) is 5.56 Å². The number of carbonyl (C=O) groups is 1. The van der Waals surface area contributed by atoms with E-state index >= 15 is 0 Å². The lowest BCUT2D eigenvalue weighted by Crippen LogP contribution is -2.37. The molecule has 0 saturated heterocycles. The van der Waals surface area contributed by atoms with Gasteiger partial charge >= 0.3 is 5.76 Å². The van der Waals surface area contributed by atoms with Gasteiger partial charge in [-0.3, -0.25) is 9.36 Å². The monoisotopic (exact) mass is 345 g/mol. The molecule has 2 aromatic heterocycles. The number of hydrogen-bond donors (Lipinski definition) is 1. The lowest BCUT2D eigenvalue weighted by molar-refractivity contribution is -0.121. The van der Waals surface area contributed by atoms with Crippen LogP contribution in [-0.4, -0.2) is 36.0 Å². The fraction of sp³-hybridized carbons (Fsp3) is 0.294. The molecule has 0 saturated carbocycles. The summed E-state index contributed by atoms with van der Waals surface area (Å²) in [7, 11) is 3.95. The Labute approximate surface area is 143 Å². The summed E-state index contributed by atoms with van der Waals surface area (Å²) in [6.45, 7) is 0.423. The van der Waals surface area contributed by atoms with E-state index in [9.17, 15) is 9.59 Å². The molecule has 6 nitrogen and oxygen atoms in total. The topological polar surface area (TPSA) is 67.5 Å². The Balaban J connectivity index is 1.69. The number of amides is 1. The van der Waals surface area contributed by atoms with Crippen molar-refractivity contribution in [2.24, 2.45) is 0 Å². The molecule has 0 aliphatic rings. The molecule has 126 valence electrons. The summed E-state index contributed by atoms with van der Waals surface area (Å²) in [6.07, 6.45) is 0. The highest BCUT2D eigenvalue weighted by Crippen LogP contribution is 2.20. The summed E-state index contributed by atoms with van der Waals surface area (Å²) in [5.74, 6) is -0.737. The summed E-state index contributed by atoms with van der Waals surface area (Å²) >= 11 is 1.63. The predicted molar refractivity (Wildman–Crippen MR) is 94.2 cm³/mol. The van der Waals surface area contributed by atoms with Crippen LogP contribution in [0.15, 0.2) is 50.3 Å². The van der Waals surface area contributed by atoms with Crippen molar-refractivity contribution < 1.29 is 9.21 Å². The summed E-state index contributed by atoms with van der Waals surface area (Å²) in [6, 6.07) is 9.22. The lowest BCUT2D eigenvalue weighted by Gasteiger charge is -2.24. The molecule has 0 bridgehead atoms. The van der Waals surface area contributed by atoms with Gasteiger partial charge in [0.05, 0.1) is 11.6 Å². The number of hydrogen-bond acceptors (Lipinski definition) is 5. The van der Waals surface area contributed by atoms with Crippen LogP contribution >= 0.6 is 11.3 Å². The van der Waals surface area contributed by atoms with Gasteiger partial charge in [0.2, 0.25) is 5.91 Å². The number of para-hydroxylation sites is 2. The van der Waals surface area contributed by atoms with Crippen molar-refractivity contribution in [1.29, 1.82) is 0 Å². The van der Waals surface area contributed by atoms with Gasteiger partial charge in [0.15, 0.2) is 5.58 Å². The standard InChI is InChI=1S/C17H19N3O3S/c1-19(2)14(12-7-8-24-11-12)9-18-16(21)10-20-13-5-3-4-6-15(13)23-17(20)22/h3-8,11,14H,9-10H2,1-2H3,(H,18,21)/t14-/m0/s1. The van der Waals surface area contributed by atoms with Crippen molar-refractivity contribution in [2.45, 2.75) is 12.6 Å². The van der Waals surface area contributed by atoms with Gasteiger partial charge in [0.1, 0.15) is 6.54 Å². The average Bonchev–Trinajstić information content (AvgIpc) is 3.16. The fourth-order valence-corrected chi connectivity index (χ4v) is 3.34. The molecule has 0 fully saturated rings. The van der Waals surface area contributed by atoms with Gasteiger partial charge in [0.25, 0.3) is 0 Å². The van der Waals surface area contributed by atoms with E-state index in [-0.39, 0.29) is 18.5 Å². The van der Waals surface area contributed by atoms with Crippen molar-refractivity contribution >= 4 is 28.3 Å². The average molecular weight is 345 g/mol. The number of nitrogens with one attached hydrogen (secondary N) is 1. The van der Waals surface area contributed by atoms with Crippen LogP contribution in [0.25, 0.3) is 11.1 Å². The summed E-state index contributed by atoms with van der Waals surface area (Å²) in [5, 5.41) is 7.00. The number of benzene rings is 1. The van der Waals surface area contributed by atoms with Crippen LogP contribution in [0, 0.1) is 0 Å². The Hall–Kier alpha value is -2.38. The minimum Gasteiger partial charge on any atom is -0.408 e. The number of carbonyl (C=O) groups excluding carboxylic acids is 1. The van der Waals surface area contributed by atoms with E-state index in [2.05, 4.69) is 21.7 Å². The molecule has 0 unspecified atom stereocenters. The molecule has 0 radical (unpaired) electrons. The normalized spacial score (nSPS) is 12.6. The Kier molecular flexibility index (Phi) is 4.82. The number of thiophene rings is 1. The van der Waals surface area contributed by atoms with Crippen molar-refractivity contribution in [2.75, 3.05) is 20.6 Å². The lowest BCUT2D eigenvalue weighted by atomic mass is 10.1. The molecule has 3 rings (SSSR count). The molecule has 0 aliphatic heterocycles. The summed E-state index contributed by atoms with van der Waals surface area (Å²) < 4.78 is 6.49. The van der Waals surface area contributed by atoms with E-state index in [1.54, 1.807) is 29.5 Å². The van der Waals surface area contributed by atoms with E-state index in [4.69, 9.17) is 4.42 Å². The van der Waals surface area contributed by atoms with Crippen molar-refractivity contribution in [3.05, 3.63) is 57.2 Å². The second kappa shape index (κ2) is 7.02. The maximum atomic E-state index is 12.3. The van der Waals surface area contributed by atoms with Gasteiger partial charge in [0, 0.05) is 6.54 Å². The third-order valence-electron chi connectivity index (χ3n) is 3.92. The maximum Gasteiger partial charge on any atom is 0.420 e. The Morgan fingerprint density at radius 3 is 2.83 bits per heavy atom. The molecule has 24 heavy (non-hydrogen) atoms. The largest absolute Gasteiger partial charge is 0.420 e. The van der Waals surface area contributed by atoms with Gasteiger partial charge in [-0.1, -0.05) is 12.1 Å². The number of aromatic nitrogens is 1. The molecule has 7 heteroatoms. The minimum atomic E-state index is -0.520. The van der Waals surface area contributed by atoms with Crippen molar-refractivity contribution in [3.63, 3.8) is 0 Å². The highest BCUT2D eigenvalue weighted by Gasteiger charge is 2.17. The molecule has 1 aromatic carbocycles. The second-order valence-corrected chi connectivity index (χ2v) is 6.54. The molecular weight excluding hydrogens is 326 g/mol. The number of likely N-dealkylation sites (N-methyl/N-ethyl adjacent to an activating group) is 1. The van der Waals surface area contributed by atoms with Gasteiger partial charge in [-0.2, -0.15) is 11.3 Å². The van der Waals surface area contributed by atoms with Crippen molar-refractivity contribution in [1.82, 2.24) is 14.8 Å². The van der Waals surface area contributed by atoms with Crippen LogP contribution in [-0.2, 0) is 11.3 Å². The Morgan fingerprint density at radius 1 is 1.33 bits per heavy atom. The van der Waals surface area contributed by atoms with Crippen LogP contribution < -0.4 is 11.1 Å². The Morgan fingerprint density at radius 2 is 2.12 bits per heavy atom. The van der Waals surface area contributed by atoms with Crippen LogP contribution in [0.1, 0.15) is 11.6 Å². The van der Waals surface area contributed by atoms with E-state index < -0.39 is 5.76 Å².